The van der Waals surface area contributed by atoms with Crippen LogP contribution in [0.15, 0.2) is 42.6 Å². The summed E-state index contributed by atoms with van der Waals surface area (Å²) in [6.07, 6.45) is 2.86. The smallest absolute Gasteiger partial charge is 0.133 e. The summed E-state index contributed by atoms with van der Waals surface area (Å²) in [5.74, 6) is -0.204. The highest BCUT2D eigenvalue weighted by atomic mass is 19.1. The van der Waals surface area contributed by atoms with Gasteiger partial charge < -0.3 is 10.1 Å². The fourth-order valence-corrected chi connectivity index (χ4v) is 5.26. The Hall–Kier alpha value is -2.46. The highest BCUT2D eigenvalue weighted by Gasteiger charge is 2.53. The quantitative estimate of drug-likeness (QED) is 0.600. The standard InChI is InChI=1S/C24H25FN2O/c1-14-10-17-15(13-26-14)6-5-7-16(17)18-11-19-21(12-20(18)25)27-23(2,3)22-24(19,4)8-9-28-22/h5-7,10-13,22,27H,8-9H2,1-4H3. The summed E-state index contributed by atoms with van der Waals surface area (Å²) < 4.78 is 21.5. The number of aryl methyl sites for hydroxylation is 1. The van der Waals surface area contributed by atoms with E-state index >= 15 is 4.39 Å². The van der Waals surface area contributed by atoms with Crippen LogP contribution in [-0.4, -0.2) is 23.2 Å². The van der Waals surface area contributed by atoms with Gasteiger partial charge in [0.25, 0.3) is 0 Å². The normalized spacial score (nSPS) is 25.2. The molecule has 2 aliphatic heterocycles. The average Bonchev–Trinajstić information content (AvgIpc) is 3.05. The number of fused-ring (bicyclic) bond motifs is 4. The van der Waals surface area contributed by atoms with Crippen molar-refractivity contribution < 1.29 is 9.13 Å². The van der Waals surface area contributed by atoms with E-state index in [4.69, 9.17) is 4.74 Å². The molecule has 0 amide bonds. The van der Waals surface area contributed by atoms with Crippen LogP contribution in [0.1, 0.15) is 38.4 Å². The minimum Gasteiger partial charge on any atom is -0.377 e. The largest absolute Gasteiger partial charge is 0.377 e. The third-order valence-corrected chi connectivity index (χ3v) is 6.51. The van der Waals surface area contributed by atoms with Crippen molar-refractivity contribution in [3.05, 3.63) is 59.7 Å². The highest BCUT2D eigenvalue weighted by molar-refractivity contribution is 5.97. The Balaban J connectivity index is 1.76. The molecule has 2 unspecified atom stereocenters. The molecule has 0 spiro atoms. The molecule has 3 heterocycles. The predicted octanol–water partition coefficient (Wildman–Crippen LogP) is 5.60. The van der Waals surface area contributed by atoms with Gasteiger partial charge in [0.05, 0.1) is 11.6 Å². The number of hydrogen-bond donors (Lipinski definition) is 1. The third-order valence-electron chi connectivity index (χ3n) is 6.51. The van der Waals surface area contributed by atoms with Gasteiger partial charge >= 0.3 is 0 Å². The monoisotopic (exact) mass is 376 g/mol. The molecule has 1 saturated heterocycles. The van der Waals surface area contributed by atoms with Gasteiger partial charge in [-0.2, -0.15) is 0 Å². The molecule has 1 N–H and O–H groups in total. The molecule has 1 fully saturated rings. The van der Waals surface area contributed by atoms with E-state index in [1.165, 1.54) is 0 Å². The number of nitrogens with zero attached hydrogens (tertiary/aromatic N) is 1. The molecule has 0 aliphatic carbocycles. The van der Waals surface area contributed by atoms with Gasteiger partial charge in [0, 0.05) is 40.5 Å². The van der Waals surface area contributed by atoms with Gasteiger partial charge in [-0.15, -0.1) is 0 Å². The lowest BCUT2D eigenvalue weighted by molar-refractivity contribution is 0.0352. The molecule has 5 rings (SSSR count). The Morgan fingerprint density at radius 3 is 2.79 bits per heavy atom. The fraction of sp³-hybridized carbons (Fsp3) is 0.375. The molecular weight excluding hydrogens is 351 g/mol. The number of halogens is 1. The number of ether oxygens (including phenoxy) is 1. The first-order chi connectivity index (χ1) is 13.3. The number of aromatic nitrogens is 1. The van der Waals surface area contributed by atoms with Crippen molar-refractivity contribution in [1.29, 1.82) is 0 Å². The van der Waals surface area contributed by atoms with Gasteiger partial charge in [0.15, 0.2) is 0 Å². The van der Waals surface area contributed by atoms with Gasteiger partial charge in [-0.25, -0.2) is 4.39 Å². The van der Waals surface area contributed by atoms with Gasteiger partial charge in [-0.3, -0.25) is 4.98 Å². The first-order valence-corrected chi connectivity index (χ1v) is 9.89. The van der Waals surface area contributed by atoms with Crippen LogP contribution < -0.4 is 5.32 Å². The van der Waals surface area contributed by atoms with Gasteiger partial charge in [-0.1, -0.05) is 25.1 Å². The lowest BCUT2D eigenvalue weighted by Crippen LogP contribution is -2.56. The molecule has 1 aromatic heterocycles. The van der Waals surface area contributed by atoms with Crippen molar-refractivity contribution in [1.82, 2.24) is 4.98 Å². The van der Waals surface area contributed by atoms with Crippen LogP contribution in [0.5, 0.6) is 0 Å². The third kappa shape index (κ3) is 2.40. The maximum absolute atomic E-state index is 15.3. The van der Waals surface area contributed by atoms with E-state index < -0.39 is 0 Å². The molecular formula is C24H25FN2O. The summed E-state index contributed by atoms with van der Waals surface area (Å²) in [5, 5.41) is 5.57. The molecule has 2 aromatic carbocycles. The lowest BCUT2D eigenvalue weighted by Gasteiger charge is -2.48. The number of hydrogen-bond acceptors (Lipinski definition) is 3. The summed E-state index contributed by atoms with van der Waals surface area (Å²) in [6, 6.07) is 11.7. The Labute approximate surface area is 164 Å². The maximum atomic E-state index is 15.3. The molecule has 3 nitrogen and oxygen atoms in total. The molecule has 4 heteroatoms. The number of pyridine rings is 1. The minimum absolute atomic E-state index is 0.0600. The summed E-state index contributed by atoms with van der Waals surface area (Å²) in [4.78, 5) is 4.38. The van der Waals surface area contributed by atoms with E-state index in [9.17, 15) is 0 Å². The highest BCUT2D eigenvalue weighted by Crippen LogP contribution is 2.51. The number of anilines is 1. The van der Waals surface area contributed by atoms with Crippen LogP contribution in [0.2, 0.25) is 0 Å². The van der Waals surface area contributed by atoms with E-state index in [2.05, 4.69) is 31.1 Å². The molecule has 28 heavy (non-hydrogen) atoms. The van der Waals surface area contributed by atoms with E-state index in [1.807, 2.05) is 43.5 Å². The van der Waals surface area contributed by atoms with Crippen molar-refractivity contribution >= 4 is 16.5 Å². The molecule has 2 atom stereocenters. The van der Waals surface area contributed by atoms with Gasteiger partial charge in [-0.05, 0) is 61.9 Å². The Morgan fingerprint density at radius 2 is 1.96 bits per heavy atom. The predicted molar refractivity (Wildman–Crippen MR) is 111 cm³/mol. The number of rotatable bonds is 1. The van der Waals surface area contributed by atoms with Crippen molar-refractivity contribution in [2.24, 2.45) is 0 Å². The summed E-state index contributed by atoms with van der Waals surface area (Å²) in [5.41, 5.74) is 4.14. The summed E-state index contributed by atoms with van der Waals surface area (Å²) >= 11 is 0. The molecule has 0 radical (unpaired) electrons. The van der Waals surface area contributed by atoms with E-state index in [1.54, 1.807) is 6.07 Å². The molecule has 3 aromatic rings. The second kappa shape index (κ2) is 5.77. The minimum atomic E-state index is -0.242. The van der Waals surface area contributed by atoms with E-state index in [-0.39, 0.29) is 22.9 Å². The zero-order valence-electron chi connectivity index (χ0n) is 16.8. The molecule has 0 bridgehead atoms. The first-order valence-electron chi connectivity index (χ1n) is 9.89. The van der Waals surface area contributed by atoms with Crippen LogP contribution in [0.25, 0.3) is 21.9 Å². The van der Waals surface area contributed by atoms with Crippen LogP contribution in [0.4, 0.5) is 10.1 Å². The van der Waals surface area contributed by atoms with Gasteiger partial charge in [0.1, 0.15) is 5.82 Å². The SMILES string of the molecule is Cc1cc2c(-c3cc4c(cc3F)NC(C)(C)C3OCCC43C)cccc2cn1. The van der Waals surface area contributed by atoms with E-state index in [0.717, 1.165) is 46.3 Å². The Bertz CT molecular complexity index is 1110. The maximum Gasteiger partial charge on any atom is 0.133 e. The Morgan fingerprint density at radius 1 is 1.14 bits per heavy atom. The van der Waals surface area contributed by atoms with Crippen molar-refractivity contribution in [3.8, 4) is 11.1 Å². The first kappa shape index (κ1) is 17.6. The van der Waals surface area contributed by atoms with Gasteiger partial charge in [0.2, 0.25) is 0 Å². The molecule has 0 saturated carbocycles. The van der Waals surface area contributed by atoms with Crippen LogP contribution in [0, 0.1) is 12.7 Å². The second-order valence-corrected chi connectivity index (χ2v) is 9.00. The summed E-state index contributed by atoms with van der Waals surface area (Å²) in [6.45, 7) is 9.22. The van der Waals surface area contributed by atoms with Crippen molar-refractivity contribution in [2.45, 2.75) is 51.2 Å². The molecule has 2 aliphatic rings. The van der Waals surface area contributed by atoms with Crippen molar-refractivity contribution in [3.63, 3.8) is 0 Å². The zero-order valence-corrected chi connectivity index (χ0v) is 16.8. The van der Waals surface area contributed by atoms with E-state index in [0.29, 0.717) is 5.56 Å². The van der Waals surface area contributed by atoms with Crippen molar-refractivity contribution in [2.75, 3.05) is 11.9 Å². The Kier molecular flexibility index (Phi) is 3.63. The lowest BCUT2D eigenvalue weighted by atomic mass is 9.66. The fourth-order valence-electron chi connectivity index (χ4n) is 5.26. The zero-order chi connectivity index (χ0) is 19.7. The average molecular weight is 376 g/mol. The number of nitrogens with one attached hydrogen (secondary N) is 1. The van der Waals surface area contributed by atoms with Crippen LogP contribution >= 0.6 is 0 Å². The number of benzene rings is 2. The van der Waals surface area contributed by atoms with Crippen LogP contribution in [-0.2, 0) is 10.2 Å². The van der Waals surface area contributed by atoms with Crippen LogP contribution in [0.3, 0.4) is 0 Å². The molecule has 144 valence electrons. The second-order valence-electron chi connectivity index (χ2n) is 9.00. The summed E-state index contributed by atoms with van der Waals surface area (Å²) in [7, 11) is 0. The topological polar surface area (TPSA) is 34.1 Å².